The molecular weight excluding hydrogens is 147 g/mol. The van der Waals surface area contributed by atoms with Crippen molar-refractivity contribution in [1.29, 1.82) is 0 Å². The molecule has 0 aliphatic carbocycles. The number of anilines is 1. The van der Waals surface area contributed by atoms with E-state index in [0.717, 1.165) is 18.8 Å². The van der Waals surface area contributed by atoms with Gasteiger partial charge in [-0.15, -0.1) is 0 Å². The lowest BCUT2D eigenvalue weighted by atomic mass is 10.3. The minimum absolute atomic E-state index is 0.842. The number of nitrogens with one attached hydrogen (secondary N) is 1. The average molecular weight is 160 g/mol. The number of rotatable bonds is 4. The maximum atomic E-state index is 5.45. The first kappa shape index (κ1) is 9.14. The van der Waals surface area contributed by atoms with Crippen molar-refractivity contribution in [3.63, 3.8) is 0 Å². The predicted octanol–water partition coefficient (Wildman–Crippen LogP) is 1.11. The fourth-order valence-corrected chi connectivity index (χ4v) is 0.933. The molecule has 0 bridgehead atoms. The minimum Gasteiger partial charge on any atom is -0.384 e. The van der Waals surface area contributed by atoms with E-state index in [-0.39, 0.29) is 0 Å². The molecule has 3 heteroatoms. The summed E-state index contributed by atoms with van der Waals surface area (Å²) in [5, 5.41) is 3.25. The number of hydrogen-bond donors (Lipinski definition) is 1. The molecule has 0 heterocycles. The monoisotopic (exact) mass is 160 g/mol. The van der Waals surface area contributed by atoms with Crippen molar-refractivity contribution in [2.24, 2.45) is 0 Å². The molecule has 0 saturated carbocycles. The fraction of sp³-hybridized carbons (Fsp3) is 0.333. The zero-order valence-electron chi connectivity index (χ0n) is 7.33. The summed E-state index contributed by atoms with van der Waals surface area (Å²) < 4.78 is 0. The Bertz CT molecular complexity index is 211. The predicted molar refractivity (Wildman–Crippen MR) is 53.3 cm³/mol. The van der Waals surface area contributed by atoms with Gasteiger partial charge in [0, 0.05) is 18.8 Å². The van der Waals surface area contributed by atoms with Crippen LogP contribution in [-0.2, 0) is 0 Å². The summed E-state index contributed by atoms with van der Waals surface area (Å²) in [6, 6.07) is 10.1. The highest BCUT2D eigenvalue weighted by Crippen LogP contribution is 2.03. The molecule has 0 aromatic heterocycles. The second-order valence-corrected chi connectivity index (χ2v) is 2.77. The minimum atomic E-state index is 0.842. The van der Waals surface area contributed by atoms with E-state index < -0.39 is 0 Å². The van der Waals surface area contributed by atoms with Crippen molar-refractivity contribution >= 4 is 13.7 Å². The van der Waals surface area contributed by atoms with E-state index >= 15 is 0 Å². The van der Waals surface area contributed by atoms with Crippen molar-refractivity contribution in [3.05, 3.63) is 30.3 Å². The lowest BCUT2D eigenvalue weighted by Gasteiger charge is -2.11. The van der Waals surface area contributed by atoms with E-state index in [9.17, 15) is 0 Å². The van der Waals surface area contributed by atoms with Crippen LogP contribution in [0.15, 0.2) is 30.3 Å². The summed E-state index contributed by atoms with van der Waals surface area (Å²) in [5.41, 5.74) is 1.14. The van der Waals surface area contributed by atoms with Crippen LogP contribution in [0.2, 0.25) is 0 Å². The van der Waals surface area contributed by atoms with Gasteiger partial charge in [-0.3, -0.25) is 0 Å². The van der Waals surface area contributed by atoms with Crippen LogP contribution in [0.25, 0.3) is 0 Å². The van der Waals surface area contributed by atoms with Gasteiger partial charge < -0.3 is 10.1 Å². The molecule has 1 rings (SSSR count). The van der Waals surface area contributed by atoms with E-state index in [0.29, 0.717) is 0 Å². The van der Waals surface area contributed by atoms with Gasteiger partial charge in [-0.2, -0.15) is 0 Å². The van der Waals surface area contributed by atoms with Crippen molar-refractivity contribution in [1.82, 2.24) is 4.81 Å². The Hall–Kier alpha value is -0.955. The SMILES string of the molecule is [B]N(C)CCNc1ccccc1. The first-order valence-corrected chi connectivity index (χ1v) is 4.04. The molecule has 12 heavy (non-hydrogen) atoms. The van der Waals surface area contributed by atoms with Crippen molar-refractivity contribution < 1.29 is 0 Å². The highest BCUT2D eigenvalue weighted by molar-refractivity contribution is 6.04. The van der Waals surface area contributed by atoms with Gasteiger partial charge in [-0.25, -0.2) is 0 Å². The highest BCUT2D eigenvalue weighted by atomic mass is 15.0. The number of hydrogen-bond acceptors (Lipinski definition) is 2. The molecule has 0 unspecified atom stereocenters. The largest absolute Gasteiger partial charge is 0.384 e. The van der Waals surface area contributed by atoms with Crippen LogP contribution < -0.4 is 5.32 Å². The fourth-order valence-electron chi connectivity index (χ4n) is 0.933. The van der Waals surface area contributed by atoms with Crippen LogP contribution in [0.4, 0.5) is 5.69 Å². The molecule has 0 amide bonds. The van der Waals surface area contributed by atoms with Gasteiger partial charge in [0.1, 0.15) is 0 Å². The van der Waals surface area contributed by atoms with Gasteiger partial charge in [-0.1, -0.05) is 18.2 Å². The smallest absolute Gasteiger partial charge is 0.182 e. The summed E-state index contributed by atoms with van der Waals surface area (Å²) in [5.74, 6) is 0. The molecule has 1 aromatic carbocycles. The Labute approximate surface area is 75.0 Å². The van der Waals surface area contributed by atoms with E-state index in [1.165, 1.54) is 0 Å². The van der Waals surface area contributed by atoms with E-state index in [1.54, 1.807) is 4.81 Å². The second-order valence-electron chi connectivity index (χ2n) is 2.77. The Morgan fingerprint density at radius 3 is 2.58 bits per heavy atom. The van der Waals surface area contributed by atoms with Crippen LogP contribution in [-0.4, -0.2) is 32.9 Å². The van der Waals surface area contributed by atoms with E-state index in [1.807, 2.05) is 37.4 Å². The van der Waals surface area contributed by atoms with Crippen LogP contribution in [0.3, 0.4) is 0 Å². The van der Waals surface area contributed by atoms with Gasteiger partial charge in [0.2, 0.25) is 0 Å². The number of nitrogens with zero attached hydrogens (tertiary/aromatic N) is 1. The number of benzene rings is 1. The molecule has 1 aromatic rings. The van der Waals surface area contributed by atoms with Crippen LogP contribution >= 0.6 is 0 Å². The lowest BCUT2D eigenvalue weighted by Crippen LogP contribution is -2.22. The molecular formula is C9H13BN2. The molecule has 1 N–H and O–H groups in total. The number of para-hydroxylation sites is 1. The van der Waals surface area contributed by atoms with Gasteiger partial charge in [0.15, 0.2) is 7.98 Å². The molecule has 2 nitrogen and oxygen atoms in total. The van der Waals surface area contributed by atoms with E-state index in [2.05, 4.69) is 5.32 Å². The molecule has 0 fully saturated rings. The molecule has 0 atom stereocenters. The third kappa shape index (κ3) is 3.44. The molecule has 2 radical (unpaired) electrons. The van der Waals surface area contributed by atoms with Crippen molar-refractivity contribution in [2.75, 3.05) is 25.5 Å². The molecule has 62 valence electrons. The first-order valence-electron chi connectivity index (χ1n) is 4.04. The second kappa shape index (κ2) is 4.83. The quantitative estimate of drug-likeness (QED) is 0.663. The Kier molecular flexibility index (Phi) is 3.68. The Morgan fingerprint density at radius 1 is 1.33 bits per heavy atom. The van der Waals surface area contributed by atoms with Crippen molar-refractivity contribution in [3.8, 4) is 0 Å². The van der Waals surface area contributed by atoms with Crippen molar-refractivity contribution in [2.45, 2.75) is 0 Å². The van der Waals surface area contributed by atoms with Crippen LogP contribution in [0.5, 0.6) is 0 Å². The molecule has 0 aliphatic heterocycles. The highest BCUT2D eigenvalue weighted by Gasteiger charge is 1.89. The standard InChI is InChI=1S/C9H13BN2/c1-12(10)8-7-11-9-5-3-2-4-6-9/h2-6,11H,7-8H2,1H3. The lowest BCUT2D eigenvalue weighted by molar-refractivity contribution is 0.566. The average Bonchev–Trinajstić information content (AvgIpc) is 2.05. The molecule has 0 saturated heterocycles. The zero-order valence-corrected chi connectivity index (χ0v) is 7.33. The normalized spacial score (nSPS) is 10.2. The van der Waals surface area contributed by atoms with Gasteiger partial charge in [-0.05, 0) is 19.2 Å². The first-order chi connectivity index (χ1) is 5.79. The van der Waals surface area contributed by atoms with Gasteiger partial charge in [0.25, 0.3) is 0 Å². The summed E-state index contributed by atoms with van der Waals surface area (Å²) in [6.07, 6.45) is 0. The summed E-state index contributed by atoms with van der Waals surface area (Å²) in [6.45, 7) is 1.71. The maximum Gasteiger partial charge on any atom is 0.182 e. The van der Waals surface area contributed by atoms with Gasteiger partial charge >= 0.3 is 0 Å². The maximum absolute atomic E-state index is 5.45. The molecule has 0 aliphatic rings. The third-order valence-corrected chi connectivity index (χ3v) is 1.57. The third-order valence-electron chi connectivity index (χ3n) is 1.57. The molecule has 0 spiro atoms. The summed E-state index contributed by atoms with van der Waals surface area (Å²) in [7, 11) is 7.30. The Morgan fingerprint density at radius 2 is 2.00 bits per heavy atom. The Balaban J connectivity index is 2.25. The van der Waals surface area contributed by atoms with E-state index in [4.69, 9.17) is 7.98 Å². The van der Waals surface area contributed by atoms with Crippen LogP contribution in [0.1, 0.15) is 0 Å². The zero-order chi connectivity index (χ0) is 8.81. The summed E-state index contributed by atoms with van der Waals surface area (Å²) >= 11 is 0. The summed E-state index contributed by atoms with van der Waals surface area (Å²) in [4.78, 5) is 1.66. The topological polar surface area (TPSA) is 15.3 Å². The number of likely N-dealkylation sites (N-methyl/N-ethyl adjacent to an activating group) is 1. The van der Waals surface area contributed by atoms with Crippen LogP contribution in [0, 0.1) is 0 Å². The van der Waals surface area contributed by atoms with Gasteiger partial charge in [0.05, 0.1) is 0 Å².